The number of amides is 1. The second-order valence-electron chi connectivity index (χ2n) is 4.15. The average Bonchev–Trinajstić information content (AvgIpc) is 2.49. The zero-order valence-corrected chi connectivity index (χ0v) is 11.6. The molecule has 0 saturated heterocycles. The molecule has 0 heterocycles. The summed E-state index contributed by atoms with van der Waals surface area (Å²) >= 11 is 6.03. The largest absolute Gasteiger partial charge is 0.497 e. The highest BCUT2D eigenvalue weighted by molar-refractivity contribution is 6.33. The van der Waals surface area contributed by atoms with Crippen LogP contribution in [0.15, 0.2) is 48.5 Å². The summed E-state index contributed by atoms with van der Waals surface area (Å²) in [7, 11) is 1.53. The van der Waals surface area contributed by atoms with Gasteiger partial charge in [-0.2, -0.15) is 0 Å². The maximum absolute atomic E-state index is 12.0. The molecule has 1 atom stereocenters. The van der Waals surface area contributed by atoms with Gasteiger partial charge >= 0.3 is 0 Å². The van der Waals surface area contributed by atoms with Crippen molar-refractivity contribution in [3.05, 3.63) is 59.1 Å². The summed E-state index contributed by atoms with van der Waals surface area (Å²) in [5.74, 6) is 0.0554. The first-order valence-electron chi connectivity index (χ1n) is 5.99. The molecule has 1 unspecified atom stereocenters. The molecule has 0 aliphatic carbocycles. The number of aliphatic hydroxyl groups excluding tert-OH is 1. The fraction of sp³-hybridized carbons (Fsp3) is 0.133. The summed E-state index contributed by atoms with van der Waals surface area (Å²) in [6.07, 6.45) is -1.24. The first-order chi connectivity index (χ1) is 9.61. The van der Waals surface area contributed by atoms with Crippen molar-refractivity contribution in [3.63, 3.8) is 0 Å². The standard InChI is InChI=1S/C15H14ClNO3/c1-20-11-7-8-13(12(16)9-11)17-15(19)14(18)10-5-3-2-4-6-10/h2-9,14,18H,1H3,(H,17,19). The zero-order valence-electron chi connectivity index (χ0n) is 10.8. The van der Waals surface area contributed by atoms with Crippen LogP contribution in [0.2, 0.25) is 5.02 Å². The molecule has 0 saturated carbocycles. The van der Waals surface area contributed by atoms with Crippen molar-refractivity contribution in [2.24, 2.45) is 0 Å². The first-order valence-corrected chi connectivity index (χ1v) is 6.37. The van der Waals surface area contributed by atoms with E-state index in [0.29, 0.717) is 22.0 Å². The fourth-order valence-corrected chi connectivity index (χ4v) is 1.93. The van der Waals surface area contributed by atoms with E-state index in [4.69, 9.17) is 16.3 Å². The number of rotatable bonds is 4. The third-order valence-electron chi connectivity index (χ3n) is 2.80. The third kappa shape index (κ3) is 3.29. The summed E-state index contributed by atoms with van der Waals surface area (Å²) in [6.45, 7) is 0. The summed E-state index contributed by atoms with van der Waals surface area (Å²) < 4.78 is 5.03. The second kappa shape index (κ2) is 6.41. The van der Waals surface area contributed by atoms with Crippen LogP contribution < -0.4 is 10.1 Å². The number of ether oxygens (including phenoxy) is 1. The van der Waals surface area contributed by atoms with Crippen LogP contribution in [-0.2, 0) is 4.79 Å². The molecule has 4 nitrogen and oxygen atoms in total. The van der Waals surface area contributed by atoms with E-state index in [-0.39, 0.29) is 0 Å². The number of carbonyl (C=O) groups excluding carboxylic acids is 1. The highest BCUT2D eigenvalue weighted by Crippen LogP contribution is 2.27. The number of carbonyl (C=O) groups is 1. The molecule has 0 aromatic heterocycles. The van der Waals surface area contributed by atoms with Gasteiger partial charge in [0.1, 0.15) is 5.75 Å². The lowest BCUT2D eigenvalue weighted by Crippen LogP contribution is -2.20. The normalized spacial score (nSPS) is 11.8. The molecule has 2 N–H and O–H groups in total. The van der Waals surface area contributed by atoms with Gasteiger partial charge in [0.25, 0.3) is 5.91 Å². The van der Waals surface area contributed by atoms with Gasteiger partial charge in [0.05, 0.1) is 17.8 Å². The number of hydrogen-bond donors (Lipinski definition) is 2. The van der Waals surface area contributed by atoms with Gasteiger partial charge < -0.3 is 15.2 Å². The smallest absolute Gasteiger partial charge is 0.257 e. The Labute approximate surface area is 122 Å². The maximum atomic E-state index is 12.0. The quantitative estimate of drug-likeness (QED) is 0.910. The number of benzene rings is 2. The van der Waals surface area contributed by atoms with E-state index in [1.54, 1.807) is 42.5 Å². The Morgan fingerprint density at radius 1 is 1.25 bits per heavy atom. The summed E-state index contributed by atoms with van der Waals surface area (Å²) in [5, 5.41) is 12.9. The Bertz CT molecular complexity index is 601. The van der Waals surface area contributed by atoms with Crippen molar-refractivity contribution in [3.8, 4) is 5.75 Å². The number of nitrogens with one attached hydrogen (secondary N) is 1. The van der Waals surface area contributed by atoms with Crippen LogP contribution in [0.4, 0.5) is 5.69 Å². The summed E-state index contributed by atoms with van der Waals surface area (Å²) in [4.78, 5) is 12.0. The van der Waals surface area contributed by atoms with Crippen molar-refractivity contribution in [2.75, 3.05) is 12.4 Å². The number of hydrogen-bond acceptors (Lipinski definition) is 3. The molecule has 0 aliphatic rings. The van der Waals surface area contributed by atoms with E-state index in [1.165, 1.54) is 7.11 Å². The monoisotopic (exact) mass is 291 g/mol. The molecule has 0 aliphatic heterocycles. The molecule has 1 amide bonds. The Morgan fingerprint density at radius 3 is 2.55 bits per heavy atom. The van der Waals surface area contributed by atoms with Crippen molar-refractivity contribution in [1.82, 2.24) is 0 Å². The van der Waals surface area contributed by atoms with Crippen LogP contribution in [0.25, 0.3) is 0 Å². The number of aliphatic hydroxyl groups is 1. The minimum atomic E-state index is -1.24. The zero-order chi connectivity index (χ0) is 14.5. The van der Waals surface area contributed by atoms with Crippen LogP contribution in [0.1, 0.15) is 11.7 Å². The molecule has 2 aromatic rings. The van der Waals surface area contributed by atoms with E-state index in [0.717, 1.165) is 0 Å². The van der Waals surface area contributed by atoms with Gasteiger partial charge in [0.15, 0.2) is 6.10 Å². The number of halogens is 1. The Hall–Kier alpha value is -2.04. The van der Waals surface area contributed by atoms with E-state index in [2.05, 4.69) is 5.32 Å². The first kappa shape index (κ1) is 14.4. The highest BCUT2D eigenvalue weighted by atomic mass is 35.5. The van der Waals surface area contributed by atoms with Crippen LogP contribution in [-0.4, -0.2) is 18.1 Å². The van der Waals surface area contributed by atoms with Crippen molar-refractivity contribution < 1.29 is 14.6 Å². The molecule has 5 heteroatoms. The van der Waals surface area contributed by atoms with Gasteiger partial charge in [-0.3, -0.25) is 4.79 Å². The number of methoxy groups -OCH3 is 1. The van der Waals surface area contributed by atoms with Crippen LogP contribution >= 0.6 is 11.6 Å². The lowest BCUT2D eigenvalue weighted by Gasteiger charge is -2.13. The predicted octanol–water partition coefficient (Wildman–Crippen LogP) is 3.02. The molecule has 0 fully saturated rings. The highest BCUT2D eigenvalue weighted by Gasteiger charge is 2.18. The summed E-state index contributed by atoms with van der Waals surface area (Å²) in [6, 6.07) is 13.6. The lowest BCUT2D eigenvalue weighted by atomic mass is 10.1. The molecule has 0 spiro atoms. The molecule has 104 valence electrons. The van der Waals surface area contributed by atoms with Gasteiger partial charge in [-0.15, -0.1) is 0 Å². The topological polar surface area (TPSA) is 58.6 Å². The molecule has 20 heavy (non-hydrogen) atoms. The van der Waals surface area contributed by atoms with Crippen molar-refractivity contribution >= 4 is 23.2 Å². The number of anilines is 1. The predicted molar refractivity (Wildman–Crippen MR) is 78.0 cm³/mol. The maximum Gasteiger partial charge on any atom is 0.257 e. The van der Waals surface area contributed by atoms with Crippen LogP contribution in [0.5, 0.6) is 5.75 Å². The lowest BCUT2D eigenvalue weighted by molar-refractivity contribution is -0.124. The second-order valence-corrected chi connectivity index (χ2v) is 4.56. The van der Waals surface area contributed by atoms with E-state index >= 15 is 0 Å². The minimum Gasteiger partial charge on any atom is -0.497 e. The molecule has 0 radical (unpaired) electrons. The average molecular weight is 292 g/mol. The van der Waals surface area contributed by atoms with Crippen molar-refractivity contribution in [2.45, 2.75) is 6.10 Å². The van der Waals surface area contributed by atoms with Crippen LogP contribution in [0, 0.1) is 0 Å². The third-order valence-corrected chi connectivity index (χ3v) is 3.11. The van der Waals surface area contributed by atoms with Crippen LogP contribution in [0.3, 0.4) is 0 Å². The SMILES string of the molecule is COc1ccc(NC(=O)C(O)c2ccccc2)c(Cl)c1. The Kier molecular flexibility index (Phi) is 4.61. The van der Waals surface area contributed by atoms with Crippen molar-refractivity contribution in [1.29, 1.82) is 0 Å². The van der Waals surface area contributed by atoms with Gasteiger partial charge in [-0.1, -0.05) is 41.9 Å². The fourth-order valence-electron chi connectivity index (χ4n) is 1.71. The van der Waals surface area contributed by atoms with E-state index in [1.807, 2.05) is 6.07 Å². The molecular formula is C15H14ClNO3. The van der Waals surface area contributed by atoms with Gasteiger partial charge in [0, 0.05) is 6.07 Å². The van der Waals surface area contributed by atoms with E-state index in [9.17, 15) is 9.90 Å². The molecule has 2 aromatic carbocycles. The Balaban J connectivity index is 2.12. The molecule has 0 bridgehead atoms. The Morgan fingerprint density at radius 2 is 1.95 bits per heavy atom. The van der Waals surface area contributed by atoms with Gasteiger partial charge in [-0.05, 0) is 17.7 Å². The molecular weight excluding hydrogens is 278 g/mol. The minimum absolute atomic E-state index is 0.345. The van der Waals surface area contributed by atoms with E-state index < -0.39 is 12.0 Å². The summed E-state index contributed by atoms with van der Waals surface area (Å²) in [5.41, 5.74) is 0.946. The molecule has 2 rings (SSSR count). The van der Waals surface area contributed by atoms with Gasteiger partial charge in [-0.25, -0.2) is 0 Å². The van der Waals surface area contributed by atoms with Gasteiger partial charge in [0.2, 0.25) is 0 Å².